The summed E-state index contributed by atoms with van der Waals surface area (Å²) >= 11 is 6.13. The Bertz CT molecular complexity index is 446. The Morgan fingerprint density at radius 2 is 2.00 bits per heavy atom. The second-order valence-electron chi connectivity index (χ2n) is 5.71. The van der Waals surface area contributed by atoms with Crippen molar-refractivity contribution in [2.45, 2.75) is 44.2 Å². The Labute approximate surface area is 114 Å². The van der Waals surface area contributed by atoms with Gasteiger partial charge in [-0.1, -0.05) is 36.9 Å². The van der Waals surface area contributed by atoms with E-state index in [1.807, 2.05) is 6.07 Å². The molecule has 3 rings (SSSR count). The fourth-order valence-electron chi connectivity index (χ4n) is 3.73. The topological polar surface area (TPSA) is 29.3 Å². The highest BCUT2D eigenvalue weighted by Crippen LogP contribution is 2.44. The van der Waals surface area contributed by atoms with Gasteiger partial charge in [-0.25, -0.2) is 0 Å². The van der Waals surface area contributed by atoms with Gasteiger partial charge < -0.3 is 10.6 Å². The third kappa shape index (κ3) is 1.92. The summed E-state index contributed by atoms with van der Waals surface area (Å²) in [6.07, 6.45) is 6.53. The molecule has 1 saturated carbocycles. The normalized spacial score (nSPS) is 31.5. The predicted molar refractivity (Wildman–Crippen MR) is 77.1 cm³/mol. The van der Waals surface area contributed by atoms with E-state index in [4.69, 9.17) is 17.3 Å². The van der Waals surface area contributed by atoms with Crippen molar-refractivity contribution in [2.24, 2.45) is 11.7 Å². The van der Waals surface area contributed by atoms with Crippen LogP contribution in [-0.2, 0) is 0 Å². The van der Waals surface area contributed by atoms with Gasteiger partial charge in [-0.15, -0.1) is 0 Å². The number of benzene rings is 1. The first-order chi connectivity index (χ1) is 8.68. The molecule has 1 fully saturated rings. The average Bonchev–Trinajstić information content (AvgIpc) is 2.61. The number of fused-ring (bicyclic) bond motifs is 2. The highest BCUT2D eigenvalue weighted by Gasteiger charge is 2.38. The van der Waals surface area contributed by atoms with E-state index in [1.54, 1.807) is 0 Å². The van der Waals surface area contributed by atoms with Crippen LogP contribution in [0.4, 0.5) is 5.69 Å². The molecule has 0 radical (unpaired) electrons. The van der Waals surface area contributed by atoms with Crippen molar-refractivity contribution < 1.29 is 0 Å². The molecule has 98 valence electrons. The molecule has 3 unspecified atom stereocenters. The van der Waals surface area contributed by atoms with Gasteiger partial charge in [-0.2, -0.15) is 0 Å². The van der Waals surface area contributed by atoms with E-state index in [0.717, 1.165) is 5.02 Å². The lowest BCUT2D eigenvalue weighted by molar-refractivity contribution is 0.311. The Balaban J connectivity index is 2.04. The monoisotopic (exact) mass is 264 g/mol. The number of hydrogen-bond acceptors (Lipinski definition) is 2. The van der Waals surface area contributed by atoms with Crippen LogP contribution in [0.1, 0.15) is 43.7 Å². The highest BCUT2D eigenvalue weighted by molar-refractivity contribution is 6.30. The van der Waals surface area contributed by atoms with Crippen molar-refractivity contribution in [1.82, 2.24) is 0 Å². The van der Waals surface area contributed by atoms with E-state index in [1.165, 1.54) is 43.4 Å². The van der Waals surface area contributed by atoms with Gasteiger partial charge in [0, 0.05) is 29.8 Å². The molecule has 3 atom stereocenters. The summed E-state index contributed by atoms with van der Waals surface area (Å²) in [5.74, 6) is 0.603. The average molecular weight is 265 g/mol. The van der Waals surface area contributed by atoms with Gasteiger partial charge in [0.15, 0.2) is 0 Å². The van der Waals surface area contributed by atoms with Crippen LogP contribution in [0.5, 0.6) is 0 Å². The summed E-state index contributed by atoms with van der Waals surface area (Å²) in [5.41, 5.74) is 9.02. The van der Waals surface area contributed by atoms with Gasteiger partial charge in [0.25, 0.3) is 0 Å². The summed E-state index contributed by atoms with van der Waals surface area (Å²) in [5, 5.41) is 0.805. The van der Waals surface area contributed by atoms with Crippen LogP contribution >= 0.6 is 11.6 Å². The van der Waals surface area contributed by atoms with E-state index in [0.29, 0.717) is 12.0 Å². The molecule has 3 heteroatoms. The summed E-state index contributed by atoms with van der Waals surface area (Å²) in [4.78, 5) is 2.42. The maximum absolute atomic E-state index is 6.51. The Morgan fingerprint density at radius 1 is 1.22 bits per heavy atom. The minimum atomic E-state index is 0.177. The van der Waals surface area contributed by atoms with Crippen molar-refractivity contribution in [3.63, 3.8) is 0 Å². The van der Waals surface area contributed by atoms with E-state index in [9.17, 15) is 0 Å². The summed E-state index contributed by atoms with van der Waals surface area (Å²) in [6, 6.07) is 6.91. The largest absolute Gasteiger partial charge is 0.371 e. The van der Waals surface area contributed by atoms with E-state index < -0.39 is 0 Å². The highest BCUT2D eigenvalue weighted by atomic mass is 35.5. The summed E-state index contributed by atoms with van der Waals surface area (Å²) in [7, 11) is 2.20. The molecular formula is C15H21ClN2. The van der Waals surface area contributed by atoms with Crippen molar-refractivity contribution >= 4 is 17.3 Å². The van der Waals surface area contributed by atoms with Crippen LogP contribution in [0, 0.1) is 5.92 Å². The minimum absolute atomic E-state index is 0.177. The van der Waals surface area contributed by atoms with Gasteiger partial charge >= 0.3 is 0 Å². The zero-order valence-electron chi connectivity index (χ0n) is 10.9. The van der Waals surface area contributed by atoms with Crippen LogP contribution in [0.3, 0.4) is 0 Å². The first-order valence-electron chi connectivity index (χ1n) is 6.96. The fourth-order valence-corrected chi connectivity index (χ4v) is 3.90. The van der Waals surface area contributed by atoms with Crippen molar-refractivity contribution in [1.29, 1.82) is 0 Å². The number of halogens is 1. The van der Waals surface area contributed by atoms with Gasteiger partial charge in [-0.3, -0.25) is 0 Å². The third-order valence-electron chi connectivity index (χ3n) is 4.72. The molecule has 0 saturated heterocycles. The molecule has 0 amide bonds. The molecule has 0 bridgehead atoms. The van der Waals surface area contributed by atoms with Crippen LogP contribution in [0.15, 0.2) is 18.2 Å². The lowest BCUT2D eigenvalue weighted by Crippen LogP contribution is -2.46. The molecule has 1 aliphatic carbocycles. The maximum Gasteiger partial charge on any atom is 0.0429 e. The fraction of sp³-hybridized carbons (Fsp3) is 0.600. The second kappa shape index (κ2) is 4.75. The molecule has 0 aromatic heterocycles. The van der Waals surface area contributed by atoms with Crippen LogP contribution in [0.25, 0.3) is 0 Å². The molecule has 1 aromatic carbocycles. The van der Waals surface area contributed by atoms with Crippen LogP contribution < -0.4 is 10.6 Å². The maximum atomic E-state index is 6.51. The molecule has 18 heavy (non-hydrogen) atoms. The first kappa shape index (κ1) is 12.3. The van der Waals surface area contributed by atoms with Gasteiger partial charge in [-0.05, 0) is 36.5 Å². The summed E-state index contributed by atoms with van der Waals surface area (Å²) in [6.45, 7) is 0. The first-order valence-corrected chi connectivity index (χ1v) is 7.34. The van der Waals surface area contributed by atoms with E-state index in [-0.39, 0.29) is 6.04 Å². The van der Waals surface area contributed by atoms with E-state index >= 15 is 0 Å². The van der Waals surface area contributed by atoms with Gasteiger partial charge in [0.05, 0.1) is 0 Å². The molecular weight excluding hydrogens is 244 g/mol. The van der Waals surface area contributed by atoms with Crippen molar-refractivity contribution in [3.8, 4) is 0 Å². The zero-order chi connectivity index (χ0) is 12.7. The van der Waals surface area contributed by atoms with E-state index in [2.05, 4.69) is 24.1 Å². The lowest BCUT2D eigenvalue weighted by atomic mass is 9.79. The number of rotatable bonds is 0. The Kier molecular flexibility index (Phi) is 3.25. The standard InChI is InChI=1S/C15H21ClN2/c1-18-13-6-4-2-3-5-11(13)15(17)12-8-7-10(16)9-14(12)18/h7-9,11,13,15H,2-6,17H2,1H3. The number of anilines is 1. The predicted octanol–water partition coefficient (Wildman–Crippen LogP) is 3.74. The smallest absolute Gasteiger partial charge is 0.0429 e. The molecule has 0 spiro atoms. The van der Waals surface area contributed by atoms with Crippen molar-refractivity contribution in [2.75, 3.05) is 11.9 Å². The molecule has 2 aliphatic rings. The van der Waals surface area contributed by atoms with Crippen molar-refractivity contribution in [3.05, 3.63) is 28.8 Å². The second-order valence-corrected chi connectivity index (χ2v) is 6.15. The zero-order valence-corrected chi connectivity index (χ0v) is 11.7. The molecule has 2 nitrogen and oxygen atoms in total. The van der Waals surface area contributed by atoms with Crippen LogP contribution in [-0.4, -0.2) is 13.1 Å². The Morgan fingerprint density at radius 3 is 2.83 bits per heavy atom. The quantitative estimate of drug-likeness (QED) is 0.774. The minimum Gasteiger partial charge on any atom is -0.371 e. The lowest BCUT2D eigenvalue weighted by Gasteiger charge is -2.44. The molecule has 1 heterocycles. The van der Waals surface area contributed by atoms with Crippen LogP contribution in [0.2, 0.25) is 5.02 Å². The third-order valence-corrected chi connectivity index (χ3v) is 4.96. The number of hydrogen-bond donors (Lipinski definition) is 1. The molecule has 1 aliphatic heterocycles. The number of nitrogens with two attached hydrogens (primary N) is 1. The Hall–Kier alpha value is -0.730. The summed E-state index contributed by atoms with van der Waals surface area (Å²) < 4.78 is 0. The molecule has 1 aromatic rings. The SMILES string of the molecule is CN1c2cc(Cl)ccc2C(N)C2CCCCCC21. The number of nitrogens with zero attached hydrogens (tertiary/aromatic N) is 1. The molecule has 2 N–H and O–H groups in total. The van der Waals surface area contributed by atoms with Gasteiger partial charge in [0.1, 0.15) is 0 Å². The van der Waals surface area contributed by atoms with Gasteiger partial charge in [0.2, 0.25) is 0 Å².